The van der Waals surface area contributed by atoms with Crippen LogP contribution in [0.3, 0.4) is 0 Å². The summed E-state index contributed by atoms with van der Waals surface area (Å²) in [4.78, 5) is 10.6. The number of nitrogens with two attached hydrogens (primary N) is 1. The highest BCUT2D eigenvalue weighted by Gasteiger charge is 2.25. The molecule has 2 atom stereocenters. The number of amides is 1. The van der Waals surface area contributed by atoms with Crippen LogP contribution in [0.5, 0.6) is 0 Å². The van der Waals surface area contributed by atoms with E-state index >= 15 is 0 Å². The Hall–Kier alpha value is -0.810. The zero-order chi connectivity index (χ0) is 11.1. The van der Waals surface area contributed by atoms with Crippen LogP contribution in [0.25, 0.3) is 0 Å². The fourth-order valence-electron chi connectivity index (χ4n) is 2.10. The van der Waals surface area contributed by atoms with E-state index in [1.165, 1.54) is 6.42 Å². The zero-order valence-corrected chi connectivity index (χ0v) is 9.04. The Morgan fingerprint density at radius 2 is 2.00 bits per heavy atom. The summed E-state index contributed by atoms with van der Waals surface area (Å²) in [7, 11) is 0. The van der Waals surface area contributed by atoms with E-state index in [-0.39, 0.29) is 12.1 Å². The molecule has 15 heavy (non-hydrogen) atoms. The molecule has 0 bridgehead atoms. The Morgan fingerprint density at radius 1 is 1.33 bits per heavy atom. The monoisotopic (exact) mass is 215 g/mol. The summed E-state index contributed by atoms with van der Waals surface area (Å²) in [5.41, 5.74) is 5.41. The first-order valence-corrected chi connectivity index (χ1v) is 5.67. The second kappa shape index (κ2) is 6.63. The van der Waals surface area contributed by atoms with E-state index in [0.29, 0.717) is 6.54 Å². The van der Waals surface area contributed by atoms with Crippen LogP contribution in [0.1, 0.15) is 32.1 Å². The third-order valence-corrected chi connectivity index (χ3v) is 2.86. The van der Waals surface area contributed by atoms with Gasteiger partial charge in [-0.15, -0.1) is 0 Å². The van der Waals surface area contributed by atoms with Gasteiger partial charge < -0.3 is 21.5 Å². The van der Waals surface area contributed by atoms with Crippen molar-refractivity contribution in [2.45, 2.75) is 44.2 Å². The summed E-state index contributed by atoms with van der Waals surface area (Å²) < 4.78 is 0. The fourth-order valence-corrected chi connectivity index (χ4v) is 2.10. The van der Waals surface area contributed by atoms with Crippen LogP contribution in [0.4, 0.5) is 4.79 Å². The second-order valence-electron chi connectivity index (χ2n) is 4.04. The number of hydrogen-bond acceptors (Lipinski definition) is 3. The van der Waals surface area contributed by atoms with Gasteiger partial charge in [0.1, 0.15) is 0 Å². The minimum absolute atomic E-state index is 0.0639. The third-order valence-electron chi connectivity index (χ3n) is 2.86. The highest BCUT2D eigenvalue weighted by atomic mass is 16.4. The van der Waals surface area contributed by atoms with Crippen LogP contribution in [0.2, 0.25) is 0 Å². The Bertz CT molecular complexity index is 199. The molecule has 0 saturated heterocycles. The van der Waals surface area contributed by atoms with E-state index < -0.39 is 6.09 Å². The van der Waals surface area contributed by atoms with Crippen LogP contribution < -0.4 is 16.4 Å². The molecule has 0 aromatic heterocycles. The lowest BCUT2D eigenvalue weighted by atomic mass is 9.90. The Labute approximate surface area is 90.4 Å². The predicted octanol–water partition coefficient (Wildman–Crippen LogP) is 0.504. The first kappa shape index (κ1) is 12.3. The summed E-state index contributed by atoms with van der Waals surface area (Å²) >= 11 is 0. The average molecular weight is 215 g/mol. The lowest BCUT2D eigenvalue weighted by Crippen LogP contribution is -2.51. The van der Waals surface area contributed by atoms with Gasteiger partial charge in [-0.1, -0.05) is 12.8 Å². The van der Waals surface area contributed by atoms with Crippen LogP contribution in [-0.4, -0.2) is 36.4 Å². The van der Waals surface area contributed by atoms with Gasteiger partial charge in [0.05, 0.1) is 0 Å². The first-order chi connectivity index (χ1) is 7.24. The number of carbonyl (C=O) groups is 1. The molecule has 0 aromatic rings. The summed E-state index contributed by atoms with van der Waals surface area (Å²) in [5, 5.41) is 14.6. The Balaban J connectivity index is 2.32. The van der Waals surface area contributed by atoms with Crippen molar-refractivity contribution in [1.82, 2.24) is 10.6 Å². The maximum atomic E-state index is 10.6. The molecule has 5 nitrogen and oxygen atoms in total. The fraction of sp³-hybridized carbons (Fsp3) is 0.900. The SMILES string of the molecule is NCCCNC1CCCCC1NC(=O)O. The highest BCUT2D eigenvalue weighted by Crippen LogP contribution is 2.18. The third kappa shape index (κ3) is 4.48. The molecule has 0 aromatic carbocycles. The molecule has 1 saturated carbocycles. The normalized spacial score (nSPS) is 26.2. The van der Waals surface area contributed by atoms with Crippen molar-refractivity contribution in [3.05, 3.63) is 0 Å². The first-order valence-electron chi connectivity index (χ1n) is 5.67. The van der Waals surface area contributed by atoms with Crippen LogP contribution in [0.15, 0.2) is 0 Å². The summed E-state index contributed by atoms with van der Waals surface area (Å²) in [5.74, 6) is 0. The molecular weight excluding hydrogens is 194 g/mol. The van der Waals surface area contributed by atoms with Gasteiger partial charge in [-0.2, -0.15) is 0 Å². The van der Waals surface area contributed by atoms with Gasteiger partial charge in [-0.05, 0) is 32.4 Å². The highest BCUT2D eigenvalue weighted by molar-refractivity contribution is 5.65. The van der Waals surface area contributed by atoms with E-state index in [0.717, 1.165) is 32.2 Å². The van der Waals surface area contributed by atoms with Crippen LogP contribution in [0, 0.1) is 0 Å². The van der Waals surface area contributed by atoms with Gasteiger partial charge in [0.25, 0.3) is 0 Å². The van der Waals surface area contributed by atoms with Gasteiger partial charge in [0, 0.05) is 12.1 Å². The minimum atomic E-state index is -0.924. The van der Waals surface area contributed by atoms with Gasteiger partial charge >= 0.3 is 6.09 Å². The lowest BCUT2D eigenvalue weighted by Gasteiger charge is -2.32. The van der Waals surface area contributed by atoms with E-state index in [2.05, 4.69) is 10.6 Å². The van der Waals surface area contributed by atoms with Crippen LogP contribution in [-0.2, 0) is 0 Å². The largest absolute Gasteiger partial charge is 0.465 e. The molecule has 0 radical (unpaired) electrons. The van der Waals surface area contributed by atoms with Gasteiger partial charge in [0.2, 0.25) is 0 Å². The topological polar surface area (TPSA) is 87.4 Å². The van der Waals surface area contributed by atoms with E-state index in [1.807, 2.05) is 0 Å². The molecule has 2 unspecified atom stereocenters. The maximum Gasteiger partial charge on any atom is 0.404 e. The molecular formula is C10H21N3O2. The van der Waals surface area contributed by atoms with Crippen molar-refractivity contribution in [3.8, 4) is 0 Å². The van der Waals surface area contributed by atoms with Crippen molar-refractivity contribution in [3.63, 3.8) is 0 Å². The van der Waals surface area contributed by atoms with E-state index in [9.17, 15) is 4.79 Å². The molecule has 1 fully saturated rings. The van der Waals surface area contributed by atoms with Crippen LogP contribution >= 0.6 is 0 Å². The molecule has 1 aliphatic carbocycles. The molecule has 88 valence electrons. The van der Waals surface area contributed by atoms with Crippen molar-refractivity contribution < 1.29 is 9.90 Å². The Kier molecular flexibility index (Phi) is 5.42. The van der Waals surface area contributed by atoms with Crippen molar-refractivity contribution in [2.24, 2.45) is 5.73 Å². The van der Waals surface area contributed by atoms with Gasteiger partial charge in [-0.3, -0.25) is 0 Å². The number of rotatable bonds is 5. The number of carboxylic acid groups (broad SMARTS) is 1. The van der Waals surface area contributed by atoms with Gasteiger partial charge in [-0.25, -0.2) is 4.79 Å². The van der Waals surface area contributed by atoms with Crippen molar-refractivity contribution >= 4 is 6.09 Å². The molecule has 1 amide bonds. The summed E-state index contributed by atoms with van der Waals surface area (Å²) in [6, 6.07) is 0.343. The molecule has 0 spiro atoms. The Morgan fingerprint density at radius 3 is 2.60 bits per heavy atom. The number of hydrogen-bond donors (Lipinski definition) is 4. The predicted molar refractivity (Wildman–Crippen MR) is 58.9 cm³/mol. The maximum absolute atomic E-state index is 10.6. The summed E-state index contributed by atoms with van der Waals surface area (Å²) in [6.07, 6.45) is 4.30. The van der Waals surface area contributed by atoms with E-state index in [1.54, 1.807) is 0 Å². The minimum Gasteiger partial charge on any atom is -0.465 e. The standard InChI is InChI=1S/C10H21N3O2/c11-6-3-7-12-8-4-1-2-5-9(8)13-10(14)15/h8-9,12-13H,1-7,11H2,(H,14,15). The van der Waals surface area contributed by atoms with Gasteiger partial charge in [0.15, 0.2) is 0 Å². The molecule has 1 rings (SSSR count). The molecule has 0 heterocycles. The molecule has 5 heteroatoms. The average Bonchev–Trinajstić information content (AvgIpc) is 2.20. The van der Waals surface area contributed by atoms with Crippen molar-refractivity contribution in [1.29, 1.82) is 0 Å². The molecule has 5 N–H and O–H groups in total. The van der Waals surface area contributed by atoms with E-state index in [4.69, 9.17) is 10.8 Å². The molecule has 1 aliphatic rings. The summed E-state index contributed by atoms with van der Waals surface area (Å²) in [6.45, 7) is 1.55. The van der Waals surface area contributed by atoms with Crippen molar-refractivity contribution in [2.75, 3.05) is 13.1 Å². The molecule has 0 aliphatic heterocycles. The second-order valence-corrected chi connectivity index (χ2v) is 4.04. The quantitative estimate of drug-likeness (QED) is 0.503. The smallest absolute Gasteiger partial charge is 0.404 e. The zero-order valence-electron chi connectivity index (χ0n) is 9.04. The lowest BCUT2D eigenvalue weighted by molar-refractivity contribution is 0.179. The number of nitrogens with one attached hydrogen (secondary N) is 2.